The summed E-state index contributed by atoms with van der Waals surface area (Å²) in [6.07, 6.45) is 9.47. The third kappa shape index (κ3) is 4.22. The summed E-state index contributed by atoms with van der Waals surface area (Å²) in [4.78, 5) is 2.51. The maximum atomic E-state index is 10.6. The second kappa shape index (κ2) is 6.88. The third-order valence-electron chi connectivity index (χ3n) is 4.79. The Labute approximate surface area is 112 Å². The Balaban J connectivity index is 1.70. The molecule has 0 atom stereocenters. The van der Waals surface area contributed by atoms with Crippen molar-refractivity contribution >= 4 is 0 Å². The van der Waals surface area contributed by atoms with Gasteiger partial charge in [0.1, 0.15) is 0 Å². The monoisotopic (exact) mass is 254 g/mol. The van der Waals surface area contributed by atoms with Crippen LogP contribution in [0.3, 0.4) is 0 Å². The summed E-state index contributed by atoms with van der Waals surface area (Å²) in [6, 6.07) is 0.625. The van der Waals surface area contributed by atoms with E-state index in [1.54, 1.807) is 0 Å². The van der Waals surface area contributed by atoms with E-state index in [9.17, 15) is 5.11 Å². The first-order valence-corrected chi connectivity index (χ1v) is 7.90. The van der Waals surface area contributed by atoms with Gasteiger partial charge < -0.3 is 15.3 Å². The number of nitrogens with one attached hydrogen (secondary N) is 1. The van der Waals surface area contributed by atoms with Gasteiger partial charge in [-0.05, 0) is 45.3 Å². The Kier molecular flexibility index (Phi) is 5.46. The molecule has 2 aliphatic rings. The highest BCUT2D eigenvalue weighted by Gasteiger charge is 2.29. The summed E-state index contributed by atoms with van der Waals surface area (Å²) in [5, 5.41) is 14.2. The van der Waals surface area contributed by atoms with Gasteiger partial charge in [0.15, 0.2) is 0 Å². The van der Waals surface area contributed by atoms with Gasteiger partial charge in [-0.25, -0.2) is 0 Å². The van der Waals surface area contributed by atoms with E-state index in [-0.39, 0.29) is 0 Å². The Morgan fingerprint density at radius 2 is 1.72 bits per heavy atom. The molecule has 2 rings (SSSR count). The normalized spacial score (nSPS) is 27.0. The SMILES string of the molecule is CCN1CCC(NCC2(O)CCCCCC2)CC1. The molecule has 0 aromatic rings. The fourth-order valence-corrected chi connectivity index (χ4v) is 3.35. The van der Waals surface area contributed by atoms with Crippen LogP contribution < -0.4 is 5.32 Å². The average Bonchev–Trinajstić information content (AvgIpc) is 2.62. The van der Waals surface area contributed by atoms with Crippen LogP contribution in [-0.2, 0) is 0 Å². The number of hydrogen-bond acceptors (Lipinski definition) is 3. The molecule has 3 nitrogen and oxygen atoms in total. The number of nitrogens with zero attached hydrogens (tertiary/aromatic N) is 1. The second-order valence-corrected chi connectivity index (χ2v) is 6.23. The molecular formula is C15H30N2O. The van der Waals surface area contributed by atoms with Gasteiger partial charge in [0.05, 0.1) is 5.60 Å². The van der Waals surface area contributed by atoms with Gasteiger partial charge >= 0.3 is 0 Å². The van der Waals surface area contributed by atoms with Crippen molar-refractivity contribution in [3.05, 3.63) is 0 Å². The maximum absolute atomic E-state index is 10.6. The first-order valence-electron chi connectivity index (χ1n) is 7.90. The summed E-state index contributed by atoms with van der Waals surface area (Å²) in [5.74, 6) is 0. The lowest BCUT2D eigenvalue weighted by atomic mass is 9.93. The lowest BCUT2D eigenvalue weighted by molar-refractivity contribution is 0.0204. The molecule has 106 valence electrons. The van der Waals surface area contributed by atoms with Crippen LogP contribution in [0, 0.1) is 0 Å². The number of hydrogen-bond donors (Lipinski definition) is 2. The minimum Gasteiger partial charge on any atom is -0.389 e. The van der Waals surface area contributed by atoms with Gasteiger partial charge in [0, 0.05) is 12.6 Å². The average molecular weight is 254 g/mol. The van der Waals surface area contributed by atoms with Crippen molar-refractivity contribution in [3.63, 3.8) is 0 Å². The highest BCUT2D eigenvalue weighted by Crippen LogP contribution is 2.26. The van der Waals surface area contributed by atoms with Crippen molar-refractivity contribution < 1.29 is 5.11 Å². The molecule has 0 unspecified atom stereocenters. The van der Waals surface area contributed by atoms with Gasteiger partial charge in [-0.2, -0.15) is 0 Å². The zero-order valence-electron chi connectivity index (χ0n) is 12.0. The van der Waals surface area contributed by atoms with Crippen LogP contribution in [0.1, 0.15) is 58.3 Å². The molecule has 0 amide bonds. The highest BCUT2D eigenvalue weighted by molar-refractivity contribution is 4.86. The molecule has 0 aromatic carbocycles. The Hall–Kier alpha value is -0.120. The van der Waals surface area contributed by atoms with Crippen molar-refractivity contribution in [2.45, 2.75) is 69.9 Å². The maximum Gasteiger partial charge on any atom is 0.0771 e. The number of rotatable bonds is 4. The van der Waals surface area contributed by atoms with Gasteiger partial charge in [-0.3, -0.25) is 0 Å². The number of aliphatic hydroxyl groups is 1. The zero-order valence-corrected chi connectivity index (χ0v) is 12.0. The summed E-state index contributed by atoms with van der Waals surface area (Å²) in [7, 11) is 0. The van der Waals surface area contributed by atoms with Gasteiger partial charge in [0.2, 0.25) is 0 Å². The fraction of sp³-hybridized carbons (Fsp3) is 1.00. The molecule has 1 saturated carbocycles. The summed E-state index contributed by atoms with van der Waals surface area (Å²) >= 11 is 0. The largest absolute Gasteiger partial charge is 0.389 e. The molecular weight excluding hydrogens is 224 g/mol. The van der Waals surface area contributed by atoms with Crippen LogP contribution in [0.2, 0.25) is 0 Å². The number of likely N-dealkylation sites (tertiary alicyclic amines) is 1. The molecule has 18 heavy (non-hydrogen) atoms. The molecule has 0 spiro atoms. The van der Waals surface area contributed by atoms with Crippen LogP contribution in [-0.4, -0.2) is 47.8 Å². The third-order valence-corrected chi connectivity index (χ3v) is 4.79. The molecule has 2 fully saturated rings. The lowest BCUT2D eigenvalue weighted by Gasteiger charge is -2.34. The van der Waals surface area contributed by atoms with Gasteiger partial charge in [-0.15, -0.1) is 0 Å². The van der Waals surface area contributed by atoms with E-state index in [1.807, 2.05) is 0 Å². The first kappa shape index (κ1) is 14.3. The van der Waals surface area contributed by atoms with Crippen LogP contribution in [0.4, 0.5) is 0 Å². The van der Waals surface area contributed by atoms with E-state index < -0.39 is 5.60 Å². The molecule has 0 radical (unpaired) electrons. The van der Waals surface area contributed by atoms with Crippen LogP contribution in [0.25, 0.3) is 0 Å². The van der Waals surface area contributed by atoms with Crippen molar-refractivity contribution in [2.24, 2.45) is 0 Å². The molecule has 0 bridgehead atoms. The standard InChI is InChI=1S/C15H30N2O/c1-2-17-11-7-14(8-12-17)16-13-15(18)9-5-3-4-6-10-15/h14,16,18H,2-13H2,1H3. The predicted molar refractivity (Wildman–Crippen MR) is 75.8 cm³/mol. The summed E-state index contributed by atoms with van der Waals surface area (Å²) < 4.78 is 0. The van der Waals surface area contributed by atoms with E-state index >= 15 is 0 Å². The smallest absolute Gasteiger partial charge is 0.0771 e. The number of piperidine rings is 1. The van der Waals surface area contributed by atoms with E-state index in [2.05, 4.69) is 17.1 Å². The summed E-state index contributed by atoms with van der Waals surface area (Å²) in [5.41, 5.74) is -0.418. The lowest BCUT2D eigenvalue weighted by Crippen LogP contribution is -2.48. The Morgan fingerprint density at radius 1 is 1.11 bits per heavy atom. The van der Waals surface area contributed by atoms with E-state index in [4.69, 9.17) is 0 Å². The fourth-order valence-electron chi connectivity index (χ4n) is 3.35. The zero-order chi connectivity index (χ0) is 12.8. The van der Waals surface area contributed by atoms with Gasteiger partial charge in [0.25, 0.3) is 0 Å². The molecule has 2 N–H and O–H groups in total. The van der Waals surface area contributed by atoms with Crippen molar-refractivity contribution in [1.29, 1.82) is 0 Å². The first-order chi connectivity index (χ1) is 8.72. The van der Waals surface area contributed by atoms with Crippen molar-refractivity contribution in [3.8, 4) is 0 Å². The topological polar surface area (TPSA) is 35.5 Å². The highest BCUT2D eigenvalue weighted by atomic mass is 16.3. The van der Waals surface area contributed by atoms with Crippen LogP contribution in [0.15, 0.2) is 0 Å². The molecule has 1 heterocycles. The van der Waals surface area contributed by atoms with E-state index in [0.717, 1.165) is 19.4 Å². The van der Waals surface area contributed by atoms with Crippen LogP contribution in [0.5, 0.6) is 0 Å². The molecule has 0 aromatic heterocycles. The quantitative estimate of drug-likeness (QED) is 0.755. The Morgan fingerprint density at radius 3 is 2.28 bits per heavy atom. The van der Waals surface area contributed by atoms with Crippen molar-refractivity contribution in [1.82, 2.24) is 10.2 Å². The molecule has 1 saturated heterocycles. The van der Waals surface area contributed by atoms with E-state index in [1.165, 1.54) is 58.2 Å². The molecule has 1 aliphatic heterocycles. The minimum absolute atomic E-state index is 0.418. The summed E-state index contributed by atoms with van der Waals surface area (Å²) in [6.45, 7) is 6.65. The van der Waals surface area contributed by atoms with Gasteiger partial charge in [-0.1, -0.05) is 32.6 Å². The van der Waals surface area contributed by atoms with E-state index in [0.29, 0.717) is 6.04 Å². The molecule has 3 heteroatoms. The minimum atomic E-state index is -0.418. The molecule has 1 aliphatic carbocycles. The predicted octanol–water partition coefficient (Wildman–Crippen LogP) is 2.15. The van der Waals surface area contributed by atoms with Crippen molar-refractivity contribution in [2.75, 3.05) is 26.2 Å². The van der Waals surface area contributed by atoms with Crippen LogP contribution >= 0.6 is 0 Å². The second-order valence-electron chi connectivity index (χ2n) is 6.23. The Bertz CT molecular complexity index is 229.